The van der Waals surface area contributed by atoms with Gasteiger partial charge in [-0.1, -0.05) is 62.5 Å². The summed E-state index contributed by atoms with van der Waals surface area (Å²) in [5.74, 6) is 0. The van der Waals surface area contributed by atoms with E-state index < -0.39 is 0 Å². The first-order valence-electron chi connectivity index (χ1n) is 7.46. The van der Waals surface area contributed by atoms with Gasteiger partial charge in [0.1, 0.15) is 12.3 Å². The summed E-state index contributed by atoms with van der Waals surface area (Å²) in [6.07, 6.45) is 5.35. The van der Waals surface area contributed by atoms with Gasteiger partial charge in [-0.2, -0.15) is 0 Å². The molecule has 0 saturated carbocycles. The number of halogens is 3. The van der Waals surface area contributed by atoms with Gasteiger partial charge in [-0.3, -0.25) is 0 Å². The Balaban J connectivity index is 1.78. The maximum atomic E-state index is 6.16. The lowest BCUT2D eigenvalue weighted by atomic mass is 10.1. The van der Waals surface area contributed by atoms with Crippen LogP contribution in [0.5, 0.6) is 0 Å². The number of nitrogens with zero attached hydrogens (tertiary/aromatic N) is 3. The lowest BCUT2D eigenvalue weighted by Gasteiger charge is -2.09. The van der Waals surface area contributed by atoms with Crippen molar-refractivity contribution >= 4 is 44.8 Å². The third-order valence-corrected chi connectivity index (χ3v) is 4.59. The second kappa shape index (κ2) is 8.52. The first-order valence-corrected chi connectivity index (χ1v) is 9.01. The monoisotopic (exact) mass is 437 g/mol. The Morgan fingerprint density at radius 2 is 1.96 bits per heavy atom. The van der Waals surface area contributed by atoms with Crippen molar-refractivity contribution in [2.75, 3.05) is 0 Å². The first kappa shape index (κ1) is 18.0. The second-order valence-electron chi connectivity index (χ2n) is 5.29. The number of hydrogen-bond acceptors (Lipinski definition) is 3. The molecule has 3 aromatic rings. The van der Waals surface area contributed by atoms with Gasteiger partial charge in [0.15, 0.2) is 0 Å². The largest absolute Gasteiger partial charge is 0.391 e. The molecule has 1 aromatic heterocycles. The molecule has 25 heavy (non-hydrogen) atoms. The second-order valence-corrected chi connectivity index (χ2v) is 7.05. The zero-order valence-electron chi connectivity index (χ0n) is 13.1. The SMILES string of the molecule is Clc1ccc(CON=C(Cn2ccnc2)c2ccc(Br)cc2)c(Cl)c1. The Morgan fingerprint density at radius 1 is 1.16 bits per heavy atom. The Kier molecular flexibility index (Phi) is 6.13. The van der Waals surface area contributed by atoms with Crippen molar-refractivity contribution in [1.29, 1.82) is 0 Å². The normalized spacial score (nSPS) is 11.6. The van der Waals surface area contributed by atoms with E-state index in [9.17, 15) is 0 Å². The third kappa shape index (κ3) is 5.08. The molecule has 0 spiro atoms. The molecule has 0 aliphatic carbocycles. The van der Waals surface area contributed by atoms with Gasteiger partial charge < -0.3 is 9.40 Å². The van der Waals surface area contributed by atoms with E-state index in [0.717, 1.165) is 21.3 Å². The number of aromatic nitrogens is 2. The molecule has 0 aliphatic rings. The average molecular weight is 439 g/mol. The van der Waals surface area contributed by atoms with E-state index in [1.54, 1.807) is 24.7 Å². The Hall–Kier alpha value is -1.82. The summed E-state index contributed by atoms with van der Waals surface area (Å²) in [7, 11) is 0. The quantitative estimate of drug-likeness (QED) is 0.372. The zero-order valence-corrected chi connectivity index (χ0v) is 16.2. The molecule has 0 unspecified atom stereocenters. The lowest BCUT2D eigenvalue weighted by molar-refractivity contribution is 0.130. The average Bonchev–Trinajstić information content (AvgIpc) is 3.10. The van der Waals surface area contributed by atoms with Crippen LogP contribution in [0.3, 0.4) is 0 Å². The zero-order chi connectivity index (χ0) is 17.6. The summed E-state index contributed by atoms with van der Waals surface area (Å²) in [5, 5.41) is 5.47. The van der Waals surface area contributed by atoms with Gasteiger partial charge in [-0.15, -0.1) is 0 Å². The summed E-state index contributed by atoms with van der Waals surface area (Å²) < 4.78 is 2.94. The van der Waals surface area contributed by atoms with Crippen LogP contribution in [0, 0.1) is 0 Å². The fourth-order valence-electron chi connectivity index (χ4n) is 2.19. The van der Waals surface area contributed by atoms with Crippen LogP contribution >= 0.6 is 39.1 Å². The molecular weight excluding hydrogens is 425 g/mol. The number of benzene rings is 2. The number of oxime groups is 1. The van der Waals surface area contributed by atoms with Crippen molar-refractivity contribution in [2.24, 2.45) is 5.16 Å². The minimum Gasteiger partial charge on any atom is -0.391 e. The van der Waals surface area contributed by atoms with Crippen molar-refractivity contribution in [1.82, 2.24) is 9.55 Å². The van der Waals surface area contributed by atoms with Crippen LogP contribution in [0.4, 0.5) is 0 Å². The van der Waals surface area contributed by atoms with Gasteiger partial charge in [-0.25, -0.2) is 4.98 Å². The molecule has 2 aromatic carbocycles. The lowest BCUT2D eigenvalue weighted by Crippen LogP contribution is -2.11. The molecule has 0 bridgehead atoms. The third-order valence-electron chi connectivity index (χ3n) is 3.48. The Morgan fingerprint density at radius 3 is 2.64 bits per heavy atom. The van der Waals surface area contributed by atoms with Crippen LogP contribution in [0.2, 0.25) is 10.0 Å². The van der Waals surface area contributed by atoms with Crippen LogP contribution in [0.1, 0.15) is 11.1 Å². The van der Waals surface area contributed by atoms with Crippen molar-refractivity contribution in [3.8, 4) is 0 Å². The molecule has 128 valence electrons. The smallest absolute Gasteiger partial charge is 0.143 e. The molecular formula is C18H14BrCl2N3O. The molecule has 0 aliphatic heterocycles. The molecule has 4 nitrogen and oxygen atoms in total. The first-order chi connectivity index (χ1) is 12.1. The van der Waals surface area contributed by atoms with E-state index in [4.69, 9.17) is 28.0 Å². The maximum absolute atomic E-state index is 6.16. The van der Waals surface area contributed by atoms with E-state index >= 15 is 0 Å². The van der Waals surface area contributed by atoms with Crippen LogP contribution in [-0.4, -0.2) is 15.3 Å². The van der Waals surface area contributed by atoms with Crippen LogP contribution in [0.25, 0.3) is 0 Å². The highest BCUT2D eigenvalue weighted by atomic mass is 79.9. The van der Waals surface area contributed by atoms with Crippen LogP contribution in [0.15, 0.2) is 70.8 Å². The highest BCUT2D eigenvalue weighted by Gasteiger charge is 2.07. The number of rotatable bonds is 6. The molecule has 0 N–H and O–H groups in total. The summed E-state index contributed by atoms with van der Waals surface area (Å²) in [6.45, 7) is 0.815. The van der Waals surface area contributed by atoms with Crippen LogP contribution < -0.4 is 0 Å². The van der Waals surface area contributed by atoms with Gasteiger partial charge in [-0.05, 0) is 24.3 Å². The summed E-state index contributed by atoms with van der Waals surface area (Å²) >= 11 is 15.5. The number of imidazole rings is 1. The molecule has 0 radical (unpaired) electrons. The summed E-state index contributed by atoms with van der Waals surface area (Å²) in [6, 6.07) is 13.2. The maximum Gasteiger partial charge on any atom is 0.143 e. The fraction of sp³-hybridized carbons (Fsp3) is 0.111. The summed E-state index contributed by atoms with van der Waals surface area (Å²) in [5.41, 5.74) is 2.59. The van der Waals surface area contributed by atoms with E-state index in [2.05, 4.69) is 26.1 Å². The van der Waals surface area contributed by atoms with Crippen molar-refractivity contribution in [2.45, 2.75) is 13.2 Å². The Labute approximate surface area is 164 Å². The van der Waals surface area contributed by atoms with E-state index in [1.165, 1.54) is 0 Å². The predicted octanol–water partition coefficient (Wildman–Crippen LogP) is 5.57. The molecule has 0 amide bonds. The minimum absolute atomic E-state index is 0.264. The van der Waals surface area contributed by atoms with Gasteiger partial charge >= 0.3 is 0 Å². The molecule has 0 fully saturated rings. The summed E-state index contributed by atoms with van der Waals surface area (Å²) in [4.78, 5) is 9.61. The van der Waals surface area contributed by atoms with Gasteiger partial charge in [0, 0.05) is 38.0 Å². The Bertz CT molecular complexity index is 865. The van der Waals surface area contributed by atoms with E-state index in [1.807, 2.05) is 41.1 Å². The van der Waals surface area contributed by atoms with Gasteiger partial charge in [0.05, 0.1) is 12.9 Å². The standard InChI is InChI=1S/C18H14BrCl2N3O/c19-15-4-1-13(2-5-15)18(10-24-8-7-22-12-24)23-25-11-14-3-6-16(20)9-17(14)21/h1-9,12H,10-11H2. The van der Waals surface area contributed by atoms with Crippen molar-refractivity contribution < 1.29 is 4.84 Å². The minimum atomic E-state index is 0.264. The molecule has 0 atom stereocenters. The van der Waals surface area contributed by atoms with E-state index in [0.29, 0.717) is 16.6 Å². The molecule has 1 heterocycles. The topological polar surface area (TPSA) is 39.4 Å². The molecule has 3 rings (SSSR count). The van der Waals surface area contributed by atoms with Crippen molar-refractivity contribution in [3.63, 3.8) is 0 Å². The molecule has 7 heteroatoms. The fourth-order valence-corrected chi connectivity index (χ4v) is 2.91. The molecule has 0 saturated heterocycles. The van der Waals surface area contributed by atoms with Gasteiger partial charge in [0.25, 0.3) is 0 Å². The predicted molar refractivity (Wildman–Crippen MR) is 104 cm³/mol. The van der Waals surface area contributed by atoms with Gasteiger partial charge in [0.2, 0.25) is 0 Å². The van der Waals surface area contributed by atoms with Crippen molar-refractivity contribution in [3.05, 3.63) is 86.8 Å². The highest BCUT2D eigenvalue weighted by Crippen LogP contribution is 2.21. The van der Waals surface area contributed by atoms with E-state index in [-0.39, 0.29) is 6.61 Å². The number of hydrogen-bond donors (Lipinski definition) is 0. The highest BCUT2D eigenvalue weighted by molar-refractivity contribution is 9.10. The van der Waals surface area contributed by atoms with Crippen LogP contribution in [-0.2, 0) is 18.0 Å².